The van der Waals surface area contributed by atoms with E-state index in [1.165, 1.54) is 4.57 Å². The zero-order chi connectivity index (χ0) is 33.7. The number of pyridine rings is 2. The number of nitrogens with one attached hydrogen (secondary N) is 1. The van der Waals surface area contributed by atoms with Gasteiger partial charge in [0.25, 0.3) is 17.6 Å². The second-order valence-electron chi connectivity index (χ2n) is 10.3. The van der Waals surface area contributed by atoms with Gasteiger partial charge >= 0.3 is 115 Å². The number of carbonyl (C=O) groups is 3. The molecule has 0 fully saturated rings. The van der Waals surface area contributed by atoms with Crippen molar-refractivity contribution in [3.8, 4) is 0 Å². The summed E-state index contributed by atoms with van der Waals surface area (Å²) >= 11 is 6.58. The average molecular weight is 833 g/mol. The Morgan fingerprint density at radius 1 is 0.913 bits per heavy atom. The first-order chi connectivity index (χ1) is 20.0. The van der Waals surface area contributed by atoms with Crippen LogP contribution in [0.25, 0.3) is 0 Å². The zero-order valence-electron chi connectivity index (χ0n) is 29.4. The molecule has 0 spiro atoms. The molecule has 2 rings (SSSR count). The summed E-state index contributed by atoms with van der Waals surface area (Å²) in [6, 6.07) is 2.96. The molecule has 0 saturated heterocycles. The van der Waals surface area contributed by atoms with E-state index in [0.717, 1.165) is 20.9 Å². The topological polar surface area (TPSA) is 157 Å². The standard InChI is InChI=1S/C14H20BrNO3.C9H18O2.C6H6BrNO.CH2O3.CH4.2K.H/c1-5-19-14(18)12(6-9(2)3)16-8-11(15)7-10(4)13(16)17;1-5-11-9(10)8(4)6-7(2)3;1-4-2-5(7)3-8-6(4)9;2-1-4-3;;;;/h7-9,12H,5-6H2,1-4H3;7-8H,5-6H2,1-4H3;2-3H,1H3,(H,8,9);1,3H;1H4;;;/q;;;;;2*+1;-1/p-1. The number of aromatic nitrogens is 2. The van der Waals surface area contributed by atoms with Gasteiger partial charge < -0.3 is 26.0 Å². The van der Waals surface area contributed by atoms with Crippen molar-refractivity contribution in [3.05, 3.63) is 65.3 Å². The Bertz CT molecular complexity index is 1250. The van der Waals surface area contributed by atoms with E-state index in [9.17, 15) is 19.2 Å². The van der Waals surface area contributed by atoms with Crippen LogP contribution in [0.2, 0.25) is 0 Å². The second kappa shape index (κ2) is 32.7. The molecule has 0 aliphatic heterocycles. The van der Waals surface area contributed by atoms with E-state index in [2.05, 4.69) is 55.6 Å². The number of carbonyl (C=O) groups excluding carboxylic acids is 3. The largest absolute Gasteiger partial charge is 1.00 e. The van der Waals surface area contributed by atoms with E-state index >= 15 is 0 Å². The van der Waals surface area contributed by atoms with Crippen molar-refractivity contribution in [3.63, 3.8) is 0 Å². The van der Waals surface area contributed by atoms with Gasteiger partial charge in [-0.25, -0.2) is 4.79 Å². The van der Waals surface area contributed by atoms with Crippen molar-refractivity contribution in [2.45, 2.75) is 88.6 Å². The molecule has 0 amide bonds. The molecule has 0 aliphatic carbocycles. The van der Waals surface area contributed by atoms with Crippen LogP contribution in [0.5, 0.6) is 0 Å². The second-order valence-corrected chi connectivity index (χ2v) is 12.1. The Labute approximate surface area is 377 Å². The van der Waals surface area contributed by atoms with Gasteiger partial charge in [-0.1, -0.05) is 42.0 Å². The minimum Gasteiger partial charge on any atom is -1.00 e. The number of esters is 2. The molecule has 2 aromatic heterocycles. The van der Waals surface area contributed by atoms with Gasteiger partial charge in [0.15, 0.2) is 0 Å². The van der Waals surface area contributed by atoms with Crippen LogP contribution in [0.3, 0.4) is 0 Å². The minimum absolute atomic E-state index is 0. The van der Waals surface area contributed by atoms with Crippen LogP contribution >= 0.6 is 31.9 Å². The molecule has 15 heteroatoms. The number of H-pyrrole nitrogens is 1. The van der Waals surface area contributed by atoms with E-state index in [1.807, 2.05) is 27.7 Å². The summed E-state index contributed by atoms with van der Waals surface area (Å²) in [5.74, 6) is 0.488. The van der Waals surface area contributed by atoms with Gasteiger partial charge in [0.1, 0.15) is 6.04 Å². The summed E-state index contributed by atoms with van der Waals surface area (Å²) in [6.07, 6.45) is 4.77. The van der Waals surface area contributed by atoms with Gasteiger partial charge in [-0.2, -0.15) is 0 Å². The van der Waals surface area contributed by atoms with E-state index in [0.29, 0.717) is 37.0 Å². The molecule has 46 heavy (non-hydrogen) atoms. The van der Waals surface area contributed by atoms with Crippen LogP contribution in [0, 0.1) is 31.6 Å². The smallest absolute Gasteiger partial charge is 1.00 e. The summed E-state index contributed by atoms with van der Waals surface area (Å²) in [4.78, 5) is 59.8. The van der Waals surface area contributed by atoms with E-state index in [1.54, 1.807) is 45.3 Å². The van der Waals surface area contributed by atoms with Crippen LogP contribution in [0.4, 0.5) is 0 Å². The van der Waals surface area contributed by atoms with Crippen molar-refractivity contribution >= 4 is 50.3 Å². The molecule has 254 valence electrons. The number of aromatic amines is 1. The van der Waals surface area contributed by atoms with Crippen molar-refractivity contribution in [1.29, 1.82) is 0 Å². The Hall–Kier alpha value is 0.503. The number of hydrogen-bond acceptors (Lipinski definition) is 9. The Balaban J connectivity index is -0.000000129. The predicted molar refractivity (Wildman–Crippen MR) is 178 cm³/mol. The number of hydrogen-bond donors (Lipinski definition) is 1. The number of ether oxygens (including phenoxy) is 2. The van der Waals surface area contributed by atoms with Gasteiger partial charge in [0.2, 0.25) is 0 Å². The normalized spacial score (nSPS) is 10.7. The molecular weight excluding hydrogens is 782 g/mol. The third-order valence-electron chi connectivity index (χ3n) is 5.38. The van der Waals surface area contributed by atoms with Gasteiger partial charge in [-0.3, -0.25) is 23.7 Å². The Morgan fingerprint density at radius 3 is 1.76 bits per heavy atom. The average Bonchev–Trinajstić information content (AvgIpc) is 2.92. The fourth-order valence-electron chi connectivity index (χ4n) is 3.59. The third-order valence-corrected chi connectivity index (χ3v) is 6.28. The van der Waals surface area contributed by atoms with E-state index < -0.39 is 6.04 Å². The molecule has 0 aliphatic rings. The maximum atomic E-state index is 12.2. The molecule has 0 radical (unpaired) electrons. The summed E-state index contributed by atoms with van der Waals surface area (Å²) in [5, 5.41) is 8.43. The Kier molecular flexibility index (Phi) is 39.7. The van der Waals surface area contributed by atoms with Crippen LogP contribution in [0.15, 0.2) is 43.1 Å². The van der Waals surface area contributed by atoms with Crippen molar-refractivity contribution in [2.24, 2.45) is 17.8 Å². The van der Waals surface area contributed by atoms with Crippen LogP contribution in [0.1, 0.15) is 87.3 Å². The SMILES string of the molecule is C.CCOC(=O)C(C)CC(C)C.CCOC(=O)C(CC(C)C)n1cc(Br)cc(C)c1=O.Cc1cc(Br)c[nH]c1=O.O=CO[O-].[H-].[K+].[K+]. The first kappa shape index (κ1) is 55.9. The van der Waals surface area contributed by atoms with Crippen LogP contribution < -0.4 is 119 Å². The maximum Gasteiger partial charge on any atom is 1.00 e. The predicted octanol–water partition coefficient (Wildman–Crippen LogP) is -0.0617. The zero-order valence-corrected chi connectivity index (χ0v) is 37.8. The van der Waals surface area contributed by atoms with Gasteiger partial charge in [-0.05, 0) is 96.4 Å². The summed E-state index contributed by atoms with van der Waals surface area (Å²) in [6.45, 7) is 17.9. The molecule has 1 N–H and O–H groups in total. The molecule has 2 atom stereocenters. The van der Waals surface area contributed by atoms with Gasteiger partial charge in [0.05, 0.1) is 19.1 Å². The molecule has 2 aromatic rings. The molecule has 2 unspecified atom stereocenters. The molecule has 11 nitrogen and oxygen atoms in total. The number of halogens is 2. The summed E-state index contributed by atoms with van der Waals surface area (Å²) in [7, 11) is 0. The molecule has 0 saturated carbocycles. The van der Waals surface area contributed by atoms with Crippen molar-refractivity contribution in [2.75, 3.05) is 13.2 Å². The minimum atomic E-state index is -0.566. The van der Waals surface area contributed by atoms with Crippen LogP contribution in [-0.4, -0.2) is 41.2 Å². The molecular formula is C31H50Br2K2N2O9. The molecule has 0 bridgehead atoms. The molecule has 2 heterocycles. The molecule has 0 aromatic carbocycles. The van der Waals surface area contributed by atoms with Crippen molar-refractivity contribution in [1.82, 2.24) is 9.55 Å². The van der Waals surface area contributed by atoms with Gasteiger partial charge in [-0.15, -0.1) is 0 Å². The number of aryl methyl sites for hydroxylation is 2. The van der Waals surface area contributed by atoms with Gasteiger partial charge in [0, 0.05) is 32.5 Å². The summed E-state index contributed by atoms with van der Waals surface area (Å²) in [5.41, 5.74) is 1.15. The Morgan fingerprint density at radius 2 is 1.37 bits per heavy atom. The van der Waals surface area contributed by atoms with E-state index in [-0.39, 0.29) is 147 Å². The fourth-order valence-corrected chi connectivity index (χ4v) is 4.61. The first-order valence-electron chi connectivity index (χ1n) is 13.8. The number of nitrogens with zero attached hydrogens (tertiary/aromatic N) is 1. The first-order valence-corrected chi connectivity index (χ1v) is 15.4. The monoisotopic (exact) mass is 830 g/mol. The van der Waals surface area contributed by atoms with Crippen molar-refractivity contribution < 1.29 is 138 Å². The third kappa shape index (κ3) is 26.4. The summed E-state index contributed by atoms with van der Waals surface area (Å²) < 4.78 is 13.1. The van der Waals surface area contributed by atoms with E-state index in [4.69, 9.17) is 19.5 Å². The fraction of sp³-hybridized carbons (Fsp3) is 0.581. The van der Waals surface area contributed by atoms with Crippen LogP contribution in [-0.2, 0) is 28.7 Å². The number of rotatable bonds is 10. The maximum absolute atomic E-state index is 12.2. The quantitative estimate of drug-likeness (QED) is 0.114.